The fourth-order valence-electron chi connectivity index (χ4n) is 2.15. The van der Waals surface area contributed by atoms with Gasteiger partial charge in [-0.05, 0) is 17.7 Å². The molecule has 1 N–H and O–H groups in total. The van der Waals surface area contributed by atoms with E-state index in [0.29, 0.717) is 22.8 Å². The monoisotopic (exact) mass is 346 g/mol. The molecule has 0 saturated heterocycles. The number of nitrogens with zero attached hydrogens (tertiary/aromatic N) is 4. The normalized spacial score (nSPS) is 19.0. The lowest BCUT2D eigenvalue weighted by atomic mass is 10.1. The lowest BCUT2D eigenvalue weighted by molar-refractivity contribution is 0.474. The Balaban J connectivity index is 1.71. The molecule has 0 spiro atoms. The van der Waals surface area contributed by atoms with Gasteiger partial charge in [-0.2, -0.15) is 10.2 Å². The van der Waals surface area contributed by atoms with Crippen molar-refractivity contribution in [3.8, 4) is 5.75 Å². The van der Waals surface area contributed by atoms with Crippen LogP contribution in [0.2, 0.25) is 10.0 Å². The van der Waals surface area contributed by atoms with E-state index in [-0.39, 0.29) is 16.8 Å². The quantitative estimate of drug-likeness (QED) is 0.614. The summed E-state index contributed by atoms with van der Waals surface area (Å²) in [7, 11) is 0. The van der Waals surface area contributed by atoms with E-state index in [4.69, 9.17) is 23.2 Å². The number of phenols is 1. The van der Waals surface area contributed by atoms with Crippen molar-refractivity contribution in [1.29, 1.82) is 0 Å². The highest BCUT2D eigenvalue weighted by Crippen LogP contribution is 2.30. The predicted molar refractivity (Wildman–Crippen MR) is 91.8 cm³/mol. The number of phenolic OH excluding ortho intramolecular Hbond substituents is 1. The molecule has 2 aromatic carbocycles. The largest absolute Gasteiger partial charge is 0.506 e. The van der Waals surface area contributed by atoms with Crippen LogP contribution in [0.1, 0.15) is 23.6 Å². The Labute approximate surface area is 143 Å². The first kappa shape index (κ1) is 15.6. The zero-order valence-corrected chi connectivity index (χ0v) is 13.4. The molecule has 0 saturated carbocycles. The van der Waals surface area contributed by atoms with Gasteiger partial charge in [-0.15, -0.1) is 10.2 Å². The molecule has 3 rings (SSSR count). The Bertz CT molecular complexity index is 803. The minimum absolute atomic E-state index is 0.0285. The molecule has 0 fully saturated rings. The molecule has 0 aliphatic carbocycles. The van der Waals surface area contributed by atoms with Crippen molar-refractivity contribution in [2.45, 2.75) is 12.5 Å². The van der Waals surface area contributed by atoms with Crippen LogP contribution in [-0.2, 0) is 0 Å². The highest BCUT2D eigenvalue weighted by molar-refractivity contribution is 6.36. The van der Waals surface area contributed by atoms with Crippen LogP contribution in [0.15, 0.2) is 62.9 Å². The summed E-state index contributed by atoms with van der Waals surface area (Å²) in [5, 5.41) is 26.6. The van der Waals surface area contributed by atoms with Crippen molar-refractivity contribution < 1.29 is 5.11 Å². The van der Waals surface area contributed by atoms with Gasteiger partial charge in [-0.25, -0.2) is 0 Å². The van der Waals surface area contributed by atoms with Gasteiger partial charge in [-0.1, -0.05) is 53.5 Å². The standard InChI is InChI=1S/C16H12Cl2N4O/c17-12-6-11(16(23)13(18)7-12)9-19-21-15-8-14(20-22-15)10-4-2-1-3-5-10/h1-7,9,14,23H,8H2/b19-9+,21-15-/t14-/m0/s1. The van der Waals surface area contributed by atoms with E-state index in [1.54, 1.807) is 6.07 Å². The van der Waals surface area contributed by atoms with Crippen LogP contribution < -0.4 is 0 Å². The van der Waals surface area contributed by atoms with E-state index in [1.807, 2.05) is 30.3 Å². The third kappa shape index (κ3) is 3.75. The van der Waals surface area contributed by atoms with E-state index in [9.17, 15) is 5.11 Å². The maximum Gasteiger partial charge on any atom is 0.175 e. The van der Waals surface area contributed by atoms with Crippen molar-refractivity contribution in [3.63, 3.8) is 0 Å². The lowest BCUT2D eigenvalue weighted by Crippen LogP contribution is -1.95. The van der Waals surface area contributed by atoms with Crippen molar-refractivity contribution in [2.75, 3.05) is 0 Å². The number of amidine groups is 1. The fourth-order valence-corrected chi connectivity index (χ4v) is 2.66. The topological polar surface area (TPSA) is 69.7 Å². The van der Waals surface area contributed by atoms with Gasteiger partial charge in [0, 0.05) is 17.0 Å². The first-order valence-electron chi connectivity index (χ1n) is 6.87. The van der Waals surface area contributed by atoms with Gasteiger partial charge in [-0.3, -0.25) is 0 Å². The molecule has 0 unspecified atom stereocenters. The summed E-state index contributed by atoms with van der Waals surface area (Å²) in [4.78, 5) is 0. The Morgan fingerprint density at radius 3 is 2.74 bits per heavy atom. The van der Waals surface area contributed by atoms with Gasteiger partial charge < -0.3 is 5.11 Å². The molecule has 5 nitrogen and oxygen atoms in total. The van der Waals surface area contributed by atoms with Crippen LogP contribution in [0.25, 0.3) is 0 Å². The summed E-state index contributed by atoms with van der Waals surface area (Å²) in [6.45, 7) is 0. The summed E-state index contributed by atoms with van der Waals surface area (Å²) in [5.74, 6) is 0.443. The zero-order valence-electron chi connectivity index (χ0n) is 11.9. The molecule has 0 radical (unpaired) electrons. The minimum atomic E-state index is -0.0878. The van der Waals surface area contributed by atoms with E-state index in [1.165, 1.54) is 12.3 Å². The van der Waals surface area contributed by atoms with Crippen molar-refractivity contribution in [3.05, 3.63) is 63.6 Å². The third-order valence-corrected chi connectivity index (χ3v) is 3.81. The van der Waals surface area contributed by atoms with E-state index in [2.05, 4.69) is 20.4 Å². The fraction of sp³-hybridized carbons (Fsp3) is 0.125. The molecule has 0 amide bonds. The molecule has 7 heteroatoms. The number of azo groups is 1. The molecule has 2 aromatic rings. The van der Waals surface area contributed by atoms with E-state index >= 15 is 0 Å². The van der Waals surface area contributed by atoms with E-state index in [0.717, 1.165) is 5.56 Å². The zero-order chi connectivity index (χ0) is 16.2. The molecular formula is C16H12Cl2N4O. The summed E-state index contributed by atoms with van der Waals surface area (Å²) in [6.07, 6.45) is 1.97. The highest BCUT2D eigenvalue weighted by Gasteiger charge is 2.19. The molecule has 0 aromatic heterocycles. The second kappa shape index (κ2) is 6.89. The van der Waals surface area contributed by atoms with Gasteiger partial charge in [0.2, 0.25) is 0 Å². The SMILES string of the molecule is Oc1c(Cl)cc(Cl)cc1/C=N/N=C1/C[C@@H](c2ccccc2)N=N1. The Kier molecular flexibility index (Phi) is 4.69. The van der Waals surface area contributed by atoms with Gasteiger partial charge in [0.1, 0.15) is 11.8 Å². The second-order valence-corrected chi connectivity index (χ2v) is 5.78. The summed E-state index contributed by atoms with van der Waals surface area (Å²) in [6, 6.07) is 12.9. The number of halogens is 2. The molecule has 23 heavy (non-hydrogen) atoms. The maximum atomic E-state index is 9.83. The molecule has 1 atom stereocenters. The molecule has 1 aliphatic rings. The van der Waals surface area contributed by atoms with Crippen molar-refractivity contribution in [1.82, 2.24) is 0 Å². The second-order valence-electron chi connectivity index (χ2n) is 4.93. The molecule has 1 aliphatic heterocycles. The molecular weight excluding hydrogens is 335 g/mol. The number of benzene rings is 2. The highest BCUT2D eigenvalue weighted by atomic mass is 35.5. The Morgan fingerprint density at radius 1 is 1.17 bits per heavy atom. The van der Waals surface area contributed by atoms with Crippen molar-refractivity contribution >= 4 is 35.3 Å². The number of aromatic hydroxyl groups is 1. The van der Waals surface area contributed by atoms with Crippen molar-refractivity contribution in [2.24, 2.45) is 20.4 Å². The van der Waals surface area contributed by atoms with Gasteiger partial charge in [0.15, 0.2) is 5.84 Å². The maximum absolute atomic E-state index is 9.83. The number of rotatable bonds is 3. The summed E-state index contributed by atoms with van der Waals surface area (Å²) >= 11 is 11.7. The van der Waals surface area contributed by atoms with Crippen LogP contribution in [0.4, 0.5) is 0 Å². The summed E-state index contributed by atoms with van der Waals surface area (Å²) in [5.41, 5.74) is 1.48. The Morgan fingerprint density at radius 2 is 1.96 bits per heavy atom. The van der Waals surface area contributed by atoms with Crippen LogP contribution in [-0.4, -0.2) is 17.2 Å². The molecule has 1 heterocycles. The van der Waals surface area contributed by atoms with Crippen LogP contribution >= 0.6 is 23.2 Å². The smallest absolute Gasteiger partial charge is 0.175 e. The number of hydrogen-bond donors (Lipinski definition) is 1. The summed E-state index contributed by atoms with van der Waals surface area (Å²) < 4.78 is 0. The third-order valence-electron chi connectivity index (χ3n) is 3.30. The first-order valence-corrected chi connectivity index (χ1v) is 7.63. The van der Waals surface area contributed by atoms with Gasteiger partial charge in [0.05, 0.1) is 11.2 Å². The predicted octanol–water partition coefficient (Wildman–Crippen LogP) is 5.03. The molecule has 116 valence electrons. The first-order chi connectivity index (χ1) is 11.1. The average Bonchev–Trinajstić information content (AvgIpc) is 3.02. The van der Waals surface area contributed by atoms with Crippen LogP contribution in [0.5, 0.6) is 5.75 Å². The molecule has 0 bridgehead atoms. The lowest BCUT2D eigenvalue weighted by Gasteiger charge is -2.03. The Hall–Kier alpha value is -2.24. The van der Waals surface area contributed by atoms with Crippen LogP contribution in [0, 0.1) is 0 Å². The van der Waals surface area contributed by atoms with Crippen LogP contribution in [0.3, 0.4) is 0 Å². The van der Waals surface area contributed by atoms with E-state index < -0.39 is 0 Å². The number of hydrogen-bond acceptors (Lipinski definition) is 4. The average molecular weight is 347 g/mol. The minimum Gasteiger partial charge on any atom is -0.506 e. The van der Waals surface area contributed by atoms with Gasteiger partial charge in [0.25, 0.3) is 0 Å². The van der Waals surface area contributed by atoms with Gasteiger partial charge >= 0.3 is 0 Å².